The molecule has 1 heterocycles. The van der Waals surface area contributed by atoms with E-state index in [1.165, 1.54) is 11.8 Å². The van der Waals surface area contributed by atoms with Crippen molar-refractivity contribution in [1.82, 2.24) is 20.1 Å². The zero-order valence-corrected chi connectivity index (χ0v) is 21.7. The van der Waals surface area contributed by atoms with Crippen LogP contribution in [0.5, 0.6) is 0 Å². The van der Waals surface area contributed by atoms with Gasteiger partial charge in [0, 0.05) is 22.3 Å². The maximum absolute atomic E-state index is 12.7. The van der Waals surface area contributed by atoms with Crippen LogP contribution in [0.25, 0.3) is 0 Å². The van der Waals surface area contributed by atoms with Crippen LogP contribution in [0.4, 0.5) is 5.69 Å². The van der Waals surface area contributed by atoms with Crippen molar-refractivity contribution in [3.05, 3.63) is 69.4 Å². The minimum absolute atomic E-state index is 0.0930. The van der Waals surface area contributed by atoms with Gasteiger partial charge in [0.25, 0.3) is 5.91 Å². The first-order valence-corrected chi connectivity index (χ1v) is 12.6. The Morgan fingerprint density at radius 3 is 2.52 bits per heavy atom. The molecule has 7 nitrogen and oxygen atoms in total. The Kier molecular flexibility index (Phi) is 8.94. The van der Waals surface area contributed by atoms with Crippen LogP contribution < -0.4 is 10.6 Å². The van der Waals surface area contributed by atoms with Gasteiger partial charge >= 0.3 is 0 Å². The van der Waals surface area contributed by atoms with Crippen LogP contribution in [0.15, 0.2) is 58.2 Å². The Bertz CT molecular complexity index is 1120. The monoisotopic (exact) mass is 549 g/mol. The number of thioether (sulfide) groups is 1. The molecular weight excluding hydrogens is 526 g/mol. The van der Waals surface area contributed by atoms with Gasteiger partial charge in [-0.3, -0.25) is 9.59 Å². The van der Waals surface area contributed by atoms with Gasteiger partial charge in [-0.25, -0.2) is 0 Å². The molecule has 0 saturated heterocycles. The molecule has 174 valence electrons. The number of halogens is 2. The number of hydrogen-bond acceptors (Lipinski definition) is 5. The van der Waals surface area contributed by atoms with Gasteiger partial charge in [-0.1, -0.05) is 55.4 Å². The number of rotatable bonds is 9. The maximum atomic E-state index is 12.7. The molecule has 0 spiro atoms. The van der Waals surface area contributed by atoms with Gasteiger partial charge in [0.15, 0.2) is 11.0 Å². The third-order valence-corrected chi connectivity index (χ3v) is 7.06. The van der Waals surface area contributed by atoms with E-state index >= 15 is 0 Å². The van der Waals surface area contributed by atoms with Gasteiger partial charge in [0.05, 0.1) is 16.8 Å². The molecule has 0 bridgehead atoms. The first-order valence-electron chi connectivity index (χ1n) is 10.5. The minimum Gasteiger partial charge on any atom is -0.342 e. The van der Waals surface area contributed by atoms with Gasteiger partial charge in [0.2, 0.25) is 5.91 Å². The summed E-state index contributed by atoms with van der Waals surface area (Å²) in [5.41, 5.74) is 1.21. The molecule has 2 N–H and O–H groups in total. The summed E-state index contributed by atoms with van der Waals surface area (Å²) in [4.78, 5) is 25.2. The van der Waals surface area contributed by atoms with Crippen molar-refractivity contribution in [2.75, 3.05) is 11.1 Å². The van der Waals surface area contributed by atoms with Crippen molar-refractivity contribution in [2.24, 2.45) is 5.92 Å². The molecule has 3 aromatic rings. The van der Waals surface area contributed by atoms with Gasteiger partial charge in [-0.2, -0.15) is 0 Å². The van der Waals surface area contributed by atoms with Crippen LogP contribution in [0.3, 0.4) is 0 Å². The number of carbonyl (C=O) groups excluding carboxylic acids is 2. The molecule has 0 aliphatic rings. The molecule has 1 unspecified atom stereocenters. The number of benzene rings is 2. The summed E-state index contributed by atoms with van der Waals surface area (Å²) in [6, 6.07) is 14.0. The Hall–Kier alpha value is -2.36. The summed E-state index contributed by atoms with van der Waals surface area (Å²) in [5.74, 6) is 0.578. The number of hydrogen-bond donors (Lipinski definition) is 2. The maximum Gasteiger partial charge on any atom is 0.251 e. The molecule has 3 rings (SSSR count). The Balaban J connectivity index is 1.70. The quantitative estimate of drug-likeness (QED) is 0.340. The van der Waals surface area contributed by atoms with Crippen LogP contribution in [0.1, 0.15) is 43.0 Å². The van der Waals surface area contributed by atoms with E-state index in [1.54, 1.807) is 30.3 Å². The Morgan fingerprint density at radius 1 is 1.15 bits per heavy atom. The third-order valence-electron chi connectivity index (χ3n) is 4.86. The van der Waals surface area contributed by atoms with E-state index in [9.17, 15) is 9.59 Å². The zero-order chi connectivity index (χ0) is 24.0. The summed E-state index contributed by atoms with van der Waals surface area (Å²) in [6.45, 7) is 6.64. The Morgan fingerprint density at radius 2 is 1.88 bits per heavy atom. The lowest BCUT2D eigenvalue weighted by atomic mass is 10.0. The number of nitrogens with zero attached hydrogens (tertiary/aromatic N) is 3. The molecule has 2 aromatic carbocycles. The van der Waals surface area contributed by atoms with Gasteiger partial charge in [-0.05, 0) is 59.1 Å². The van der Waals surface area contributed by atoms with Crippen molar-refractivity contribution < 1.29 is 9.59 Å². The number of anilines is 1. The van der Waals surface area contributed by atoms with Crippen LogP contribution in [-0.2, 0) is 11.3 Å². The molecule has 0 fully saturated rings. The van der Waals surface area contributed by atoms with Crippen LogP contribution in [-0.4, -0.2) is 32.3 Å². The highest BCUT2D eigenvalue weighted by Crippen LogP contribution is 2.27. The van der Waals surface area contributed by atoms with E-state index < -0.39 is 0 Å². The molecule has 0 saturated carbocycles. The largest absolute Gasteiger partial charge is 0.342 e. The van der Waals surface area contributed by atoms with E-state index in [0.717, 1.165) is 4.47 Å². The lowest BCUT2D eigenvalue weighted by molar-refractivity contribution is -0.113. The third kappa shape index (κ3) is 6.59. The summed E-state index contributed by atoms with van der Waals surface area (Å²) in [7, 11) is 0. The summed E-state index contributed by atoms with van der Waals surface area (Å²) in [5, 5.41) is 15.7. The van der Waals surface area contributed by atoms with Crippen molar-refractivity contribution >= 4 is 56.8 Å². The lowest BCUT2D eigenvalue weighted by Gasteiger charge is -2.22. The van der Waals surface area contributed by atoms with Crippen molar-refractivity contribution in [2.45, 2.75) is 38.5 Å². The van der Waals surface area contributed by atoms with Crippen molar-refractivity contribution in [3.8, 4) is 0 Å². The van der Waals surface area contributed by atoms with Crippen LogP contribution in [0, 0.1) is 5.92 Å². The minimum atomic E-state index is -0.321. The second kappa shape index (κ2) is 11.7. The van der Waals surface area contributed by atoms with E-state index in [-0.39, 0.29) is 29.5 Å². The van der Waals surface area contributed by atoms with Crippen molar-refractivity contribution in [1.29, 1.82) is 0 Å². The molecule has 1 atom stereocenters. The van der Waals surface area contributed by atoms with Crippen LogP contribution in [0.2, 0.25) is 5.02 Å². The predicted octanol–water partition coefficient (Wildman–Crippen LogP) is 5.57. The van der Waals surface area contributed by atoms with Crippen molar-refractivity contribution in [3.63, 3.8) is 0 Å². The molecule has 2 amide bonds. The second-order valence-corrected chi connectivity index (χ2v) is 9.82. The molecule has 1 aromatic heterocycles. The highest BCUT2D eigenvalue weighted by molar-refractivity contribution is 9.10. The normalized spacial score (nSPS) is 11.9. The number of carbonyl (C=O) groups is 2. The summed E-state index contributed by atoms with van der Waals surface area (Å²) < 4.78 is 2.70. The average Bonchev–Trinajstić information content (AvgIpc) is 3.21. The van der Waals surface area contributed by atoms with E-state index in [2.05, 4.69) is 36.8 Å². The second-order valence-electron chi connectivity index (χ2n) is 7.61. The smallest absolute Gasteiger partial charge is 0.251 e. The van der Waals surface area contributed by atoms with Gasteiger partial charge in [0.1, 0.15) is 0 Å². The first-order chi connectivity index (χ1) is 15.8. The highest BCUT2D eigenvalue weighted by Gasteiger charge is 2.26. The summed E-state index contributed by atoms with van der Waals surface area (Å²) >= 11 is 10.7. The first kappa shape index (κ1) is 25.3. The fourth-order valence-electron chi connectivity index (χ4n) is 3.18. The van der Waals surface area contributed by atoms with Crippen LogP contribution >= 0.6 is 39.3 Å². The SMILES string of the molecule is CCn1c(SCC(=O)Nc2ccc(Br)c(Cl)c2)nnc1C(NC(=O)c1ccccc1)C(C)C. The average molecular weight is 551 g/mol. The van der Waals surface area contributed by atoms with E-state index in [4.69, 9.17) is 11.6 Å². The van der Waals surface area contributed by atoms with Gasteiger partial charge in [-0.15, -0.1) is 10.2 Å². The number of amides is 2. The zero-order valence-electron chi connectivity index (χ0n) is 18.5. The molecule has 10 heteroatoms. The highest BCUT2D eigenvalue weighted by atomic mass is 79.9. The van der Waals surface area contributed by atoms with E-state index in [0.29, 0.717) is 33.8 Å². The lowest BCUT2D eigenvalue weighted by Crippen LogP contribution is -2.33. The fourth-order valence-corrected chi connectivity index (χ4v) is 4.42. The predicted molar refractivity (Wildman–Crippen MR) is 136 cm³/mol. The standard InChI is InChI=1S/C23H25BrClN5O2S/c1-4-30-21(20(14(2)3)27-22(32)15-8-6-5-7-9-15)28-29-23(30)33-13-19(31)26-16-10-11-17(24)18(25)12-16/h5-12,14,20H,4,13H2,1-3H3,(H,26,31)(H,27,32). The summed E-state index contributed by atoms with van der Waals surface area (Å²) in [6.07, 6.45) is 0. The molecule has 33 heavy (non-hydrogen) atoms. The molecule has 0 radical (unpaired) electrons. The molecule has 0 aliphatic heterocycles. The molecule has 0 aliphatic carbocycles. The number of nitrogens with one attached hydrogen (secondary N) is 2. The van der Waals surface area contributed by atoms with E-state index in [1.807, 2.05) is 43.5 Å². The fraction of sp³-hybridized carbons (Fsp3) is 0.304. The number of aromatic nitrogens is 3. The van der Waals surface area contributed by atoms with Gasteiger partial charge < -0.3 is 15.2 Å². The Labute approximate surface area is 210 Å². The molecular formula is C23H25BrClN5O2S. The topological polar surface area (TPSA) is 88.9 Å².